The Morgan fingerprint density at radius 2 is 2.07 bits per heavy atom. The average Bonchev–Trinajstić information content (AvgIpc) is 3.32. The Bertz CT molecular complexity index is 1160. The van der Waals surface area contributed by atoms with Crippen LogP contribution in [-0.4, -0.2) is 11.0 Å². The first-order chi connectivity index (χ1) is 14.4. The smallest absolute Gasteiger partial charge is 0.293 e. The van der Waals surface area contributed by atoms with Crippen molar-refractivity contribution in [2.24, 2.45) is 5.92 Å². The third-order valence-electron chi connectivity index (χ3n) is 5.04. The van der Waals surface area contributed by atoms with Crippen molar-refractivity contribution < 1.29 is 9.21 Å². The maximum atomic E-state index is 12.5. The molecule has 30 heavy (non-hydrogen) atoms. The number of thiophene rings is 1. The molecule has 2 heterocycles. The summed E-state index contributed by atoms with van der Waals surface area (Å²) in [6.07, 6.45) is 2.94. The molecule has 0 saturated carbocycles. The Kier molecular flexibility index (Phi) is 5.91. The number of anilines is 1. The molecule has 0 spiro atoms. The van der Waals surface area contributed by atoms with Crippen molar-refractivity contribution in [3.05, 3.63) is 63.2 Å². The summed E-state index contributed by atoms with van der Waals surface area (Å²) in [7, 11) is 0. The van der Waals surface area contributed by atoms with Crippen LogP contribution in [0.25, 0.3) is 11.3 Å². The van der Waals surface area contributed by atoms with E-state index in [4.69, 9.17) is 28.2 Å². The topological polar surface area (TPSA) is 78.1 Å². The van der Waals surface area contributed by atoms with Gasteiger partial charge in [0.2, 0.25) is 0 Å². The summed E-state index contributed by atoms with van der Waals surface area (Å²) in [6, 6.07) is 12.7. The van der Waals surface area contributed by atoms with Crippen molar-refractivity contribution in [1.29, 1.82) is 5.26 Å². The average molecular weight is 456 g/mol. The summed E-state index contributed by atoms with van der Waals surface area (Å²) in [5.74, 6) is 0.851. The predicted molar refractivity (Wildman–Crippen MR) is 123 cm³/mol. The van der Waals surface area contributed by atoms with Crippen molar-refractivity contribution in [3.8, 4) is 17.4 Å². The highest BCUT2D eigenvalue weighted by Gasteiger charge is 2.24. The molecule has 152 valence electrons. The van der Waals surface area contributed by atoms with Crippen LogP contribution in [0.15, 0.2) is 40.8 Å². The van der Waals surface area contributed by atoms with E-state index < -0.39 is 5.91 Å². The second-order valence-corrected chi connectivity index (χ2v) is 9.20. The van der Waals surface area contributed by atoms with Gasteiger partial charge in [0.25, 0.3) is 5.91 Å². The fraction of sp³-hybridized carbons (Fsp3) is 0.227. The zero-order valence-electron chi connectivity index (χ0n) is 16.1. The van der Waals surface area contributed by atoms with E-state index in [1.807, 2.05) is 12.1 Å². The van der Waals surface area contributed by atoms with E-state index in [9.17, 15) is 10.1 Å². The second kappa shape index (κ2) is 8.60. The van der Waals surface area contributed by atoms with Gasteiger partial charge in [-0.15, -0.1) is 11.3 Å². The van der Waals surface area contributed by atoms with Crippen LogP contribution in [0.5, 0.6) is 0 Å². The molecule has 1 atom stereocenters. The molecule has 1 unspecified atom stereocenters. The minimum Gasteiger partial charge on any atom is -0.451 e. The summed E-state index contributed by atoms with van der Waals surface area (Å²) < 4.78 is 5.65. The monoisotopic (exact) mass is 455 g/mol. The summed E-state index contributed by atoms with van der Waals surface area (Å²) in [6.45, 7) is 2.22. The molecule has 3 aromatic rings. The zero-order valence-corrected chi connectivity index (χ0v) is 18.5. The van der Waals surface area contributed by atoms with Crippen molar-refractivity contribution in [1.82, 2.24) is 5.32 Å². The molecule has 2 aromatic heterocycles. The number of furan rings is 1. The van der Waals surface area contributed by atoms with E-state index >= 15 is 0 Å². The van der Waals surface area contributed by atoms with Crippen LogP contribution in [0.3, 0.4) is 0 Å². The molecule has 1 aliphatic carbocycles. The van der Waals surface area contributed by atoms with E-state index in [0.717, 1.165) is 30.4 Å². The van der Waals surface area contributed by atoms with Gasteiger partial charge in [-0.1, -0.05) is 18.5 Å². The number of fused-ring (bicyclic) bond motifs is 1. The van der Waals surface area contributed by atoms with Gasteiger partial charge in [-0.05, 0) is 79.4 Å². The Morgan fingerprint density at radius 3 is 2.80 bits per heavy atom. The van der Waals surface area contributed by atoms with E-state index in [1.165, 1.54) is 16.2 Å². The van der Waals surface area contributed by atoms with Gasteiger partial charge in [0, 0.05) is 15.5 Å². The normalized spacial score (nSPS) is 15.2. The standard InChI is InChI=1S/C22H18ClN3O2S2/c1-12-2-7-15-16(11-24)21(30-19(15)10-12)26-22(29)25-20(27)18-9-8-17(28-18)13-3-5-14(23)6-4-13/h3-6,8-9,12H,2,7,10H2,1H3,(H2,25,26,27,29). The number of benzene rings is 1. The summed E-state index contributed by atoms with van der Waals surface area (Å²) in [4.78, 5) is 13.7. The van der Waals surface area contributed by atoms with E-state index in [-0.39, 0.29) is 10.9 Å². The highest BCUT2D eigenvalue weighted by atomic mass is 35.5. The second-order valence-electron chi connectivity index (χ2n) is 7.25. The zero-order chi connectivity index (χ0) is 21.3. The molecule has 0 saturated heterocycles. The van der Waals surface area contributed by atoms with Crippen molar-refractivity contribution >= 4 is 51.2 Å². The number of hydrogen-bond donors (Lipinski definition) is 2. The summed E-state index contributed by atoms with van der Waals surface area (Å²) in [5.41, 5.74) is 2.55. The van der Waals surface area contributed by atoms with Crippen LogP contribution in [0, 0.1) is 17.2 Å². The lowest BCUT2D eigenvalue weighted by Crippen LogP contribution is -2.33. The number of carbonyl (C=O) groups is 1. The van der Waals surface area contributed by atoms with Gasteiger partial charge >= 0.3 is 0 Å². The van der Waals surface area contributed by atoms with Gasteiger partial charge in [-0.3, -0.25) is 10.1 Å². The molecule has 5 nitrogen and oxygen atoms in total. The number of thiocarbonyl (C=S) groups is 1. The van der Waals surface area contributed by atoms with E-state index in [0.29, 0.717) is 27.3 Å². The number of nitrogens with zero attached hydrogens (tertiary/aromatic N) is 1. The van der Waals surface area contributed by atoms with Gasteiger partial charge in [0.05, 0.1) is 5.56 Å². The van der Waals surface area contributed by atoms with Crippen LogP contribution in [0.1, 0.15) is 39.9 Å². The Balaban J connectivity index is 1.44. The SMILES string of the molecule is CC1CCc2c(sc(NC(=S)NC(=O)c3ccc(-c4ccc(Cl)cc4)o3)c2C#N)C1. The fourth-order valence-corrected chi connectivity index (χ4v) is 5.24. The molecule has 1 aromatic carbocycles. The molecule has 0 aliphatic heterocycles. The lowest BCUT2D eigenvalue weighted by molar-refractivity contribution is 0.0951. The lowest BCUT2D eigenvalue weighted by Gasteiger charge is -2.17. The molecule has 8 heteroatoms. The van der Waals surface area contributed by atoms with Crippen molar-refractivity contribution in [2.75, 3.05) is 5.32 Å². The first-order valence-corrected chi connectivity index (χ1v) is 11.1. The Labute approximate surface area is 188 Å². The Morgan fingerprint density at radius 1 is 1.30 bits per heavy atom. The highest BCUT2D eigenvalue weighted by Crippen LogP contribution is 2.39. The number of carbonyl (C=O) groups excluding carboxylic acids is 1. The number of nitrogens with one attached hydrogen (secondary N) is 2. The molecular weight excluding hydrogens is 438 g/mol. The number of halogens is 1. The van der Waals surface area contributed by atoms with Crippen LogP contribution < -0.4 is 10.6 Å². The maximum Gasteiger partial charge on any atom is 0.293 e. The predicted octanol–water partition coefficient (Wildman–Crippen LogP) is 5.78. The molecule has 0 radical (unpaired) electrons. The maximum absolute atomic E-state index is 12.5. The minimum absolute atomic E-state index is 0.132. The molecule has 2 N–H and O–H groups in total. The lowest BCUT2D eigenvalue weighted by atomic mass is 9.89. The summed E-state index contributed by atoms with van der Waals surface area (Å²) >= 11 is 12.7. The van der Waals surface area contributed by atoms with Gasteiger partial charge in [0.15, 0.2) is 10.9 Å². The molecule has 0 bridgehead atoms. The first-order valence-electron chi connectivity index (χ1n) is 9.47. The highest BCUT2D eigenvalue weighted by molar-refractivity contribution is 7.80. The molecule has 1 amide bonds. The molecular formula is C22H18ClN3O2S2. The van der Waals surface area contributed by atoms with Crippen LogP contribution in [0.2, 0.25) is 5.02 Å². The van der Waals surface area contributed by atoms with Gasteiger partial charge < -0.3 is 9.73 Å². The minimum atomic E-state index is -0.457. The van der Waals surface area contributed by atoms with E-state index in [1.54, 1.807) is 24.3 Å². The Hall–Kier alpha value is -2.66. The third-order valence-corrected chi connectivity index (χ3v) is 6.66. The third kappa shape index (κ3) is 4.26. The van der Waals surface area contributed by atoms with Crippen molar-refractivity contribution in [3.63, 3.8) is 0 Å². The largest absolute Gasteiger partial charge is 0.451 e. The van der Waals surface area contributed by atoms with Gasteiger partial charge in [-0.2, -0.15) is 5.26 Å². The van der Waals surface area contributed by atoms with Gasteiger partial charge in [0.1, 0.15) is 16.8 Å². The molecule has 1 aliphatic rings. The number of hydrogen-bond acceptors (Lipinski definition) is 5. The van der Waals surface area contributed by atoms with Gasteiger partial charge in [-0.25, -0.2) is 0 Å². The van der Waals surface area contributed by atoms with Crippen LogP contribution >= 0.6 is 35.2 Å². The molecule has 0 fully saturated rings. The number of amides is 1. The quantitative estimate of drug-likeness (QED) is 0.489. The molecule has 4 rings (SSSR count). The van der Waals surface area contributed by atoms with E-state index in [2.05, 4.69) is 23.6 Å². The van der Waals surface area contributed by atoms with Crippen LogP contribution in [-0.2, 0) is 12.8 Å². The van der Waals surface area contributed by atoms with Crippen molar-refractivity contribution in [2.45, 2.75) is 26.2 Å². The number of rotatable bonds is 3. The first kappa shape index (κ1) is 20.6. The van der Waals surface area contributed by atoms with Crippen LogP contribution in [0.4, 0.5) is 5.00 Å². The summed E-state index contributed by atoms with van der Waals surface area (Å²) in [5, 5.41) is 16.7. The number of nitriles is 1. The fourth-order valence-electron chi connectivity index (χ4n) is 3.49.